The van der Waals surface area contributed by atoms with Crippen LogP contribution in [0.25, 0.3) is 0 Å². The molecule has 1 aliphatic rings. The predicted octanol–water partition coefficient (Wildman–Crippen LogP) is 2.81. The molecule has 0 amide bonds. The van der Waals surface area contributed by atoms with Gasteiger partial charge in [0.15, 0.2) is 5.78 Å². The number of Topliss-reactive ketones (excluding diaryl/α,β-unsaturated/α-hetero) is 1. The molecule has 0 spiro atoms. The summed E-state index contributed by atoms with van der Waals surface area (Å²) in [5, 5.41) is 0. The molecule has 1 rings (SSSR count). The highest BCUT2D eigenvalue weighted by molar-refractivity contribution is 5.81. The lowest BCUT2D eigenvalue weighted by atomic mass is 10.0. The molecule has 1 saturated carbocycles. The summed E-state index contributed by atoms with van der Waals surface area (Å²) in [5.41, 5.74) is 0. The van der Waals surface area contributed by atoms with Crippen LogP contribution in [0.3, 0.4) is 0 Å². The second-order valence-corrected chi connectivity index (χ2v) is 4.44. The van der Waals surface area contributed by atoms with Crippen molar-refractivity contribution in [3.05, 3.63) is 0 Å². The zero-order valence-electron chi connectivity index (χ0n) is 9.42. The fourth-order valence-electron chi connectivity index (χ4n) is 1.87. The van der Waals surface area contributed by atoms with Crippen molar-refractivity contribution in [1.29, 1.82) is 0 Å². The zero-order chi connectivity index (χ0) is 10.4. The standard InChI is InChI=1S/C12H22O2/c1-3-10(2)12(13)9-14-8-11-6-4-5-7-11/h10-11H,3-9H2,1-2H3. The van der Waals surface area contributed by atoms with Crippen LogP contribution in [0.1, 0.15) is 46.0 Å². The Morgan fingerprint density at radius 2 is 2.07 bits per heavy atom. The van der Waals surface area contributed by atoms with Gasteiger partial charge in [0.2, 0.25) is 0 Å². The molecule has 0 aliphatic heterocycles. The van der Waals surface area contributed by atoms with Gasteiger partial charge in [0.1, 0.15) is 6.61 Å². The number of rotatable bonds is 6. The fraction of sp³-hybridized carbons (Fsp3) is 0.917. The summed E-state index contributed by atoms with van der Waals surface area (Å²) in [5.74, 6) is 1.14. The Bertz CT molecular complexity index is 171. The number of hydrogen-bond acceptors (Lipinski definition) is 2. The Balaban J connectivity index is 2.05. The average Bonchev–Trinajstić information content (AvgIpc) is 2.69. The summed E-state index contributed by atoms with van der Waals surface area (Å²) in [6.45, 7) is 5.13. The van der Waals surface area contributed by atoms with Crippen LogP contribution >= 0.6 is 0 Å². The minimum absolute atomic E-state index is 0.165. The molecule has 1 unspecified atom stereocenters. The van der Waals surface area contributed by atoms with Crippen molar-refractivity contribution < 1.29 is 9.53 Å². The SMILES string of the molecule is CCC(C)C(=O)COCC1CCCC1. The molecule has 0 radical (unpaired) electrons. The van der Waals surface area contributed by atoms with E-state index in [-0.39, 0.29) is 11.7 Å². The molecular weight excluding hydrogens is 176 g/mol. The third-order valence-corrected chi connectivity index (χ3v) is 3.23. The number of carbonyl (C=O) groups is 1. The highest BCUT2D eigenvalue weighted by Gasteiger charge is 2.16. The van der Waals surface area contributed by atoms with E-state index < -0.39 is 0 Å². The van der Waals surface area contributed by atoms with Crippen molar-refractivity contribution in [1.82, 2.24) is 0 Å². The molecule has 0 heterocycles. The van der Waals surface area contributed by atoms with Crippen molar-refractivity contribution >= 4 is 5.78 Å². The number of ketones is 1. The van der Waals surface area contributed by atoms with Gasteiger partial charge in [-0.2, -0.15) is 0 Å². The lowest BCUT2D eigenvalue weighted by molar-refractivity contribution is -0.127. The molecule has 1 atom stereocenters. The maximum absolute atomic E-state index is 11.4. The van der Waals surface area contributed by atoms with Crippen LogP contribution in [0.15, 0.2) is 0 Å². The molecule has 0 N–H and O–H groups in total. The van der Waals surface area contributed by atoms with E-state index in [4.69, 9.17) is 4.74 Å². The molecule has 0 saturated heterocycles. The van der Waals surface area contributed by atoms with Crippen LogP contribution in [0.2, 0.25) is 0 Å². The lowest BCUT2D eigenvalue weighted by Crippen LogP contribution is -2.18. The molecule has 0 aromatic carbocycles. The minimum Gasteiger partial charge on any atom is -0.373 e. The van der Waals surface area contributed by atoms with Gasteiger partial charge < -0.3 is 4.74 Å². The number of ether oxygens (including phenoxy) is 1. The van der Waals surface area contributed by atoms with Gasteiger partial charge in [-0.25, -0.2) is 0 Å². The zero-order valence-corrected chi connectivity index (χ0v) is 9.42. The third kappa shape index (κ3) is 3.79. The topological polar surface area (TPSA) is 26.3 Å². The number of carbonyl (C=O) groups excluding carboxylic acids is 1. The van der Waals surface area contributed by atoms with Crippen LogP contribution in [-0.2, 0) is 9.53 Å². The molecule has 0 aromatic heterocycles. The molecule has 14 heavy (non-hydrogen) atoms. The second kappa shape index (κ2) is 6.18. The highest BCUT2D eigenvalue weighted by atomic mass is 16.5. The quantitative estimate of drug-likeness (QED) is 0.656. The number of hydrogen-bond donors (Lipinski definition) is 0. The van der Waals surface area contributed by atoms with Crippen LogP contribution in [0.4, 0.5) is 0 Å². The highest BCUT2D eigenvalue weighted by Crippen LogP contribution is 2.24. The van der Waals surface area contributed by atoms with Crippen molar-refractivity contribution in [3.63, 3.8) is 0 Å². The van der Waals surface area contributed by atoms with Crippen molar-refractivity contribution in [2.45, 2.75) is 46.0 Å². The third-order valence-electron chi connectivity index (χ3n) is 3.23. The lowest BCUT2D eigenvalue weighted by Gasteiger charge is -2.11. The van der Waals surface area contributed by atoms with E-state index in [9.17, 15) is 4.79 Å². The summed E-state index contributed by atoms with van der Waals surface area (Å²) in [6, 6.07) is 0. The van der Waals surface area contributed by atoms with Gasteiger partial charge in [0.05, 0.1) is 0 Å². The summed E-state index contributed by atoms with van der Waals surface area (Å²) in [6.07, 6.45) is 6.18. The maximum atomic E-state index is 11.4. The Kier molecular flexibility index (Phi) is 5.16. The molecule has 82 valence electrons. The van der Waals surface area contributed by atoms with Crippen LogP contribution in [0.5, 0.6) is 0 Å². The first kappa shape index (κ1) is 11.7. The van der Waals surface area contributed by atoms with Gasteiger partial charge in [0.25, 0.3) is 0 Å². The molecule has 0 bridgehead atoms. The van der Waals surface area contributed by atoms with E-state index in [1.165, 1.54) is 25.7 Å². The van der Waals surface area contributed by atoms with Gasteiger partial charge in [-0.3, -0.25) is 4.79 Å². The minimum atomic E-state index is 0.165. The molecular formula is C12H22O2. The smallest absolute Gasteiger partial charge is 0.161 e. The summed E-state index contributed by atoms with van der Waals surface area (Å²) >= 11 is 0. The predicted molar refractivity (Wildman–Crippen MR) is 57.2 cm³/mol. The van der Waals surface area contributed by atoms with Crippen molar-refractivity contribution in [3.8, 4) is 0 Å². The van der Waals surface area contributed by atoms with Gasteiger partial charge in [0, 0.05) is 12.5 Å². The average molecular weight is 198 g/mol. The normalized spacial score (nSPS) is 19.9. The van der Waals surface area contributed by atoms with E-state index in [0.717, 1.165) is 18.9 Å². The maximum Gasteiger partial charge on any atom is 0.161 e. The van der Waals surface area contributed by atoms with E-state index in [1.807, 2.05) is 13.8 Å². The molecule has 1 aliphatic carbocycles. The Labute approximate surface area is 87.0 Å². The Morgan fingerprint density at radius 1 is 1.43 bits per heavy atom. The molecule has 0 aromatic rings. The fourth-order valence-corrected chi connectivity index (χ4v) is 1.87. The Morgan fingerprint density at radius 3 is 2.64 bits per heavy atom. The van der Waals surface area contributed by atoms with Gasteiger partial charge in [-0.15, -0.1) is 0 Å². The van der Waals surface area contributed by atoms with E-state index in [0.29, 0.717) is 6.61 Å². The van der Waals surface area contributed by atoms with E-state index in [1.54, 1.807) is 0 Å². The van der Waals surface area contributed by atoms with Crippen molar-refractivity contribution in [2.24, 2.45) is 11.8 Å². The molecule has 1 fully saturated rings. The first-order valence-corrected chi connectivity index (χ1v) is 5.84. The first-order valence-electron chi connectivity index (χ1n) is 5.84. The molecule has 2 nitrogen and oxygen atoms in total. The largest absolute Gasteiger partial charge is 0.373 e. The van der Waals surface area contributed by atoms with E-state index in [2.05, 4.69) is 0 Å². The van der Waals surface area contributed by atoms with Gasteiger partial charge >= 0.3 is 0 Å². The first-order chi connectivity index (χ1) is 6.74. The summed E-state index contributed by atoms with van der Waals surface area (Å²) in [4.78, 5) is 11.4. The van der Waals surface area contributed by atoms with Crippen LogP contribution in [0, 0.1) is 11.8 Å². The van der Waals surface area contributed by atoms with Gasteiger partial charge in [-0.05, 0) is 25.2 Å². The monoisotopic (exact) mass is 198 g/mol. The molecule has 2 heteroatoms. The summed E-state index contributed by atoms with van der Waals surface area (Å²) < 4.78 is 5.45. The van der Waals surface area contributed by atoms with E-state index >= 15 is 0 Å². The van der Waals surface area contributed by atoms with Crippen molar-refractivity contribution in [2.75, 3.05) is 13.2 Å². The summed E-state index contributed by atoms with van der Waals surface area (Å²) in [7, 11) is 0. The Hall–Kier alpha value is -0.370. The second-order valence-electron chi connectivity index (χ2n) is 4.44. The van der Waals surface area contributed by atoms with Crippen LogP contribution < -0.4 is 0 Å². The van der Waals surface area contributed by atoms with Crippen LogP contribution in [-0.4, -0.2) is 19.0 Å². The van der Waals surface area contributed by atoms with Gasteiger partial charge in [-0.1, -0.05) is 26.7 Å².